The molecule has 31 heavy (non-hydrogen) atoms. The van der Waals surface area contributed by atoms with Crippen LogP contribution in [-0.4, -0.2) is 43.0 Å². The van der Waals surface area contributed by atoms with Gasteiger partial charge >= 0.3 is 6.03 Å². The number of para-hydroxylation sites is 1. The van der Waals surface area contributed by atoms with Crippen molar-refractivity contribution in [2.45, 2.75) is 13.3 Å². The molecular formula is C22H22ClN3O5. The summed E-state index contributed by atoms with van der Waals surface area (Å²) in [6, 6.07) is 11.7. The third-order valence-electron chi connectivity index (χ3n) is 4.38. The van der Waals surface area contributed by atoms with Gasteiger partial charge in [-0.15, -0.1) is 0 Å². The largest absolute Gasteiger partial charge is 0.493 e. The summed E-state index contributed by atoms with van der Waals surface area (Å²) < 4.78 is 10.9. The van der Waals surface area contributed by atoms with Crippen molar-refractivity contribution >= 4 is 41.2 Å². The SMILES string of the molecule is CCCN1C(=O)N/C(=C/c2cc(Cl)c(OCC(=O)Nc3ccccc3)c(OC)c2)C1=O. The number of hydrogen-bond donors (Lipinski definition) is 2. The van der Waals surface area contributed by atoms with Gasteiger partial charge in [0.15, 0.2) is 18.1 Å². The molecule has 0 unspecified atom stereocenters. The maximum absolute atomic E-state index is 12.4. The molecule has 2 aromatic rings. The first-order valence-electron chi connectivity index (χ1n) is 9.62. The van der Waals surface area contributed by atoms with Crippen molar-refractivity contribution in [3.05, 3.63) is 58.7 Å². The van der Waals surface area contributed by atoms with E-state index in [4.69, 9.17) is 21.1 Å². The van der Waals surface area contributed by atoms with Gasteiger partial charge in [-0.3, -0.25) is 14.5 Å². The fraction of sp³-hybridized carbons (Fsp3) is 0.227. The molecule has 2 aromatic carbocycles. The minimum atomic E-state index is -0.458. The number of hydrogen-bond acceptors (Lipinski definition) is 5. The highest BCUT2D eigenvalue weighted by Crippen LogP contribution is 2.37. The minimum absolute atomic E-state index is 0.146. The molecule has 1 saturated heterocycles. The molecule has 9 heteroatoms. The van der Waals surface area contributed by atoms with Crippen LogP contribution < -0.4 is 20.1 Å². The van der Waals surface area contributed by atoms with Crippen molar-refractivity contribution in [2.24, 2.45) is 0 Å². The zero-order valence-corrected chi connectivity index (χ0v) is 17.9. The first-order chi connectivity index (χ1) is 14.9. The second-order valence-corrected chi connectivity index (χ2v) is 7.09. The molecule has 1 aliphatic heterocycles. The van der Waals surface area contributed by atoms with Crippen LogP contribution in [0.5, 0.6) is 11.5 Å². The number of rotatable bonds is 8. The zero-order valence-electron chi connectivity index (χ0n) is 17.1. The van der Waals surface area contributed by atoms with Gasteiger partial charge in [-0.05, 0) is 42.3 Å². The summed E-state index contributed by atoms with van der Waals surface area (Å²) in [7, 11) is 1.44. The van der Waals surface area contributed by atoms with E-state index in [-0.39, 0.29) is 34.7 Å². The van der Waals surface area contributed by atoms with Crippen molar-refractivity contribution in [1.29, 1.82) is 0 Å². The van der Waals surface area contributed by atoms with Gasteiger partial charge in [0, 0.05) is 12.2 Å². The van der Waals surface area contributed by atoms with Gasteiger partial charge in [-0.25, -0.2) is 4.79 Å². The molecule has 0 spiro atoms. The summed E-state index contributed by atoms with van der Waals surface area (Å²) in [5, 5.41) is 5.46. The molecule has 2 N–H and O–H groups in total. The lowest BCUT2D eigenvalue weighted by atomic mass is 10.1. The number of benzene rings is 2. The van der Waals surface area contributed by atoms with Crippen LogP contribution in [0, 0.1) is 0 Å². The van der Waals surface area contributed by atoms with Crippen LogP contribution in [-0.2, 0) is 9.59 Å². The normalized spacial score (nSPS) is 14.5. The first kappa shape index (κ1) is 22.2. The highest BCUT2D eigenvalue weighted by atomic mass is 35.5. The van der Waals surface area contributed by atoms with Gasteiger partial charge in [0.2, 0.25) is 0 Å². The maximum atomic E-state index is 12.4. The number of anilines is 1. The monoisotopic (exact) mass is 443 g/mol. The Balaban J connectivity index is 1.74. The van der Waals surface area contributed by atoms with Crippen molar-refractivity contribution in [3.63, 3.8) is 0 Å². The maximum Gasteiger partial charge on any atom is 0.329 e. The lowest BCUT2D eigenvalue weighted by molar-refractivity contribution is -0.123. The molecule has 0 radical (unpaired) electrons. The lowest BCUT2D eigenvalue weighted by Crippen LogP contribution is -2.31. The molecule has 1 aliphatic rings. The van der Waals surface area contributed by atoms with Crippen LogP contribution in [0.2, 0.25) is 5.02 Å². The first-order valence-corrected chi connectivity index (χ1v) is 10.0. The summed E-state index contributed by atoms with van der Waals surface area (Å²) in [5.41, 5.74) is 1.33. The van der Waals surface area contributed by atoms with Crippen LogP contribution in [0.3, 0.4) is 0 Å². The van der Waals surface area contributed by atoms with Crippen LogP contribution in [0.4, 0.5) is 10.5 Å². The van der Waals surface area contributed by atoms with E-state index in [1.165, 1.54) is 13.2 Å². The van der Waals surface area contributed by atoms with E-state index in [1.807, 2.05) is 25.1 Å². The van der Waals surface area contributed by atoms with Gasteiger partial charge in [-0.1, -0.05) is 36.7 Å². The van der Waals surface area contributed by atoms with Crippen molar-refractivity contribution in [1.82, 2.24) is 10.2 Å². The molecule has 0 saturated carbocycles. The molecule has 8 nitrogen and oxygen atoms in total. The predicted octanol–water partition coefficient (Wildman–Crippen LogP) is 3.67. The van der Waals surface area contributed by atoms with E-state index < -0.39 is 11.9 Å². The van der Waals surface area contributed by atoms with Crippen molar-refractivity contribution < 1.29 is 23.9 Å². The second kappa shape index (κ2) is 9.99. The average Bonchev–Trinajstić information content (AvgIpc) is 3.01. The summed E-state index contributed by atoms with van der Waals surface area (Å²) in [6.45, 7) is 1.95. The minimum Gasteiger partial charge on any atom is -0.493 e. The molecule has 3 rings (SSSR count). The fourth-order valence-electron chi connectivity index (χ4n) is 2.98. The van der Waals surface area contributed by atoms with Gasteiger partial charge < -0.3 is 20.1 Å². The number of carbonyl (C=O) groups excluding carboxylic acids is 3. The average molecular weight is 444 g/mol. The molecule has 0 aromatic heterocycles. The molecule has 0 aliphatic carbocycles. The molecule has 1 fully saturated rings. The number of ether oxygens (including phenoxy) is 2. The second-order valence-electron chi connectivity index (χ2n) is 6.68. The Morgan fingerprint density at radius 3 is 2.65 bits per heavy atom. The van der Waals surface area contributed by atoms with Crippen LogP contribution in [0.25, 0.3) is 6.08 Å². The number of halogens is 1. The third-order valence-corrected chi connectivity index (χ3v) is 4.66. The van der Waals surface area contributed by atoms with Crippen LogP contribution >= 0.6 is 11.6 Å². The Morgan fingerprint density at radius 1 is 1.23 bits per heavy atom. The number of nitrogens with one attached hydrogen (secondary N) is 2. The van der Waals surface area contributed by atoms with Crippen molar-refractivity contribution in [2.75, 3.05) is 25.6 Å². The predicted molar refractivity (Wildman–Crippen MR) is 117 cm³/mol. The van der Waals surface area contributed by atoms with E-state index in [2.05, 4.69) is 10.6 Å². The summed E-state index contributed by atoms with van der Waals surface area (Å²) in [6.07, 6.45) is 2.17. The topological polar surface area (TPSA) is 97.0 Å². The Labute approximate surface area is 184 Å². The summed E-state index contributed by atoms with van der Waals surface area (Å²) in [4.78, 5) is 37.6. The smallest absolute Gasteiger partial charge is 0.329 e. The van der Waals surface area contributed by atoms with Gasteiger partial charge in [0.05, 0.1) is 12.1 Å². The van der Waals surface area contributed by atoms with Crippen LogP contribution in [0.1, 0.15) is 18.9 Å². The van der Waals surface area contributed by atoms with E-state index in [1.54, 1.807) is 24.3 Å². The molecular weight excluding hydrogens is 422 g/mol. The van der Waals surface area contributed by atoms with E-state index in [9.17, 15) is 14.4 Å². The molecule has 4 amide bonds. The highest BCUT2D eigenvalue weighted by Gasteiger charge is 2.32. The quantitative estimate of drug-likeness (QED) is 0.479. The number of carbonyl (C=O) groups is 3. The zero-order chi connectivity index (χ0) is 22.4. The van der Waals surface area contributed by atoms with Gasteiger partial charge in [0.1, 0.15) is 5.70 Å². The highest BCUT2D eigenvalue weighted by molar-refractivity contribution is 6.32. The molecule has 162 valence electrons. The van der Waals surface area contributed by atoms with Crippen molar-refractivity contribution in [3.8, 4) is 11.5 Å². The molecule has 0 atom stereocenters. The van der Waals surface area contributed by atoms with Crippen LogP contribution in [0.15, 0.2) is 48.2 Å². The third kappa shape index (κ3) is 5.35. The fourth-order valence-corrected chi connectivity index (χ4v) is 3.26. The number of nitrogens with zero attached hydrogens (tertiary/aromatic N) is 1. The van der Waals surface area contributed by atoms with Gasteiger partial charge in [-0.2, -0.15) is 0 Å². The number of imide groups is 1. The molecule has 0 bridgehead atoms. The van der Waals surface area contributed by atoms with E-state index in [0.29, 0.717) is 24.2 Å². The number of methoxy groups -OCH3 is 1. The standard InChI is InChI=1S/C22H22ClN3O5/c1-3-9-26-21(28)17(25-22(26)29)11-14-10-16(23)20(18(12-14)30-2)31-13-19(27)24-15-7-5-4-6-8-15/h4-8,10-12H,3,9,13H2,1-2H3,(H,24,27)(H,25,29)/b17-11+. The Bertz CT molecular complexity index is 1020. The summed E-state index contributed by atoms with van der Waals surface area (Å²) >= 11 is 6.34. The summed E-state index contributed by atoms with van der Waals surface area (Å²) in [5.74, 6) is -0.274. The number of urea groups is 1. The van der Waals surface area contributed by atoms with E-state index in [0.717, 1.165) is 4.90 Å². The Hall–Kier alpha value is -3.52. The Morgan fingerprint density at radius 2 is 1.97 bits per heavy atom. The lowest BCUT2D eigenvalue weighted by Gasteiger charge is -2.13. The van der Waals surface area contributed by atoms with Gasteiger partial charge in [0.25, 0.3) is 11.8 Å². The number of amides is 4. The molecule has 1 heterocycles. The van der Waals surface area contributed by atoms with E-state index >= 15 is 0 Å². The Kier molecular flexibility index (Phi) is 7.15.